The molecule has 7 N–H and O–H groups in total. The number of hydrogen-bond acceptors (Lipinski definition) is 6. The van der Waals surface area contributed by atoms with Crippen LogP contribution in [0.2, 0.25) is 12.6 Å². The van der Waals surface area contributed by atoms with Crippen molar-refractivity contribution in [2.24, 2.45) is 17.2 Å². The van der Waals surface area contributed by atoms with Crippen LogP contribution in [0.1, 0.15) is 6.42 Å². The Morgan fingerprint density at radius 1 is 1.33 bits per heavy atom. The summed E-state index contributed by atoms with van der Waals surface area (Å²) in [6.45, 7) is 7.88. The number of aliphatic hydroxyl groups excluding tert-OH is 1. The Labute approximate surface area is 92.3 Å². The van der Waals surface area contributed by atoms with Crippen LogP contribution >= 0.6 is 0 Å². The molecule has 15 heavy (non-hydrogen) atoms. The molecule has 0 aromatic carbocycles. The second-order valence-electron chi connectivity index (χ2n) is 3.12. The molecular weight excluding hydrogens is 214 g/mol. The van der Waals surface area contributed by atoms with Crippen LogP contribution in [0.5, 0.6) is 0 Å². The summed E-state index contributed by atoms with van der Waals surface area (Å²) in [6.07, 6.45) is 0.590. The number of hydrogen-bond donors (Lipinski definition) is 4. The average molecular weight is 237 g/mol. The monoisotopic (exact) mass is 237 g/mol. The maximum atomic E-state index is 8.64. The van der Waals surface area contributed by atoms with E-state index in [2.05, 4.69) is 13.2 Å². The van der Waals surface area contributed by atoms with E-state index in [-0.39, 0.29) is 6.61 Å². The molecule has 0 bridgehead atoms. The van der Waals surface area contributed by atoms with Gasteiger partial charge in [0.2, 0.25) is 5.97 Å². The smallest absolute Gasteiger partial charge is 0.338 e. The Morgan fingerprint density at radius 2 is 1.80 bits per heavy atom. The van der Waals surface area contributed by atoms with Crippen molar-refractivity contribution in [3.05, 3.63) is 13.2 Å². The van der Waals surface area contributed by atoms with Gasteiger partial charge in [-0.1, -0.05) is 0 Å². The van der Waals surface area contributed by atoms with Crippen molar-refractivity contribution >= 4 is 8.56 Å². The van der Waals surface area contributed by atoms with Crippen molar-refractivity contribution in [2.45, 2.75) is 25.0 Å². The summed E-state index contributed by atoms with van der Waals surface area (Å²) in [5.74, 6) is -1.66. The van der Waals surface area contributed by atoms with E-state index in [1.54, 1.807) is 6.55 Å². The molecule has 0 saturated carbocycles. The van der Waals surface area contributed by atoms with Crippen molar-refractivity contribution in [1.82, 2.24) is 0 Å². The molecule has 0 aliphatic rings. The van der Waals surface area contributed by atoms with Gasteiger partial charge in [0.25, 0.3) is 0 Å². The van der Waals surface area contributed by atoms with E-state index in [4.69, 9.17) is 31.2 Å². The Kier molecular flexibility index (Phi) is 9.06. The standard InChI is InChI=1S/C6H19N3O3Si.C2H4/c1-11-13(2,5-3-4-10)12-6(7,8)9;1-2/h10H,3-5,7-9H2,1-2H3;1-2H2. The maximum Gasteiger partial charge on any atom is 0.338 e. The van der Waals surface area contributed by atoms with E-state index in [0.29, 0.717) is 12.5 Å². The highest BCUT2D eigenvalue weighted by molar-refractivity contribution is 6.66. The van der Waals surface area contributed by atoms with Gasteiger partial charge in [-0.2, -0.15) is 0 Å². The van der Waals surface area contributed by atoms with E-state index in [1.165, 1.54) is 7.11 Å². The zero-order chi connectivity index (χ0) is 12.5. The second kappa shape index (κ2) is 7.94. The highest BCUT2D eigenvalue weighted by Gasteiger charge is 2.35. The van der Waals surface area contributed by atoms with Crippen LogP contribution in [-0.4, -0.2) is 33.4 Å². The fourth-order valence-electron chi connectivity index (χ4n) is 0.969. The molecule has 0 saturated heterocycles. The van der Waals surface area contributed by atoms with Gasteiger partial charge < -0.3 is 14.0 Å². The molecule has 0 radical (unpaired) electrons. The lowest BCUT2D eigenvalue weighted by molar-refractivity contribution is 0.0432. The zero-order valence-electron chi connectivity index (χ0n) is 9.53. The van der Waals surface area contributed by atoms with E-state index < -0.39 is 14.5 Å². The van der Waals surface area contributed by atoms with Gasteiger partial charge >= 0.3 is 8.56 Å². The van der Waals surface area contributed by atoms with Crippen molar-refractivity contribution < 1.29 is 14.0 Å². The largest absolute Gasteiger partial charge is 0.398 e. The number of rotatable bonds is 6. The molecule has 0 spiro atoms. The molecule has 0 aromatic heterocycles. The van der Waals surface area contributed by atoms with Crippen LogP contribution < -0.4 is 17.2 Å². The normalized spacial score (nSPS) is 15.1. The fourth-order valence-corrected chi connectivity index (χ4v) is 2.91. The third-order valence-electron chi connectivity index (χ3n) is 1.61. The first-order valence-corrected chi connectivity index (χ1v) is 7.08. The van der Waals surface area contributed by atoms with Crippen LogP contribution in [0.4, 0.5) is 0 Å². The molecule has 6 nitrogen and oxygen atoms in total. The number of nitrogens with two attached hydrogens (primary N) is 3. The molecule has 0 aliphatic carbocycles. The van der Waals surface area contributed by atoms with Gasteiger partial charge in [0.05, 0.1) is 0 Å². The second-order valence-corrected chi connectivity index (χ2v) is 6.50. The van der Waals surface area contributed by atoms with Gasteiger partial charge in [-0.25, -0.2) is 0 Å². The Hall–Kier alpha value is -0.283. The molecule has 7 heteroatoms. The van der Waals surface area contributed by atoms with Crippen LogP contribution in [0.15, 0.2) is 13.2 Å². The topological polar surface area (TPSA) is 117 Å². The first-order valence-electron chi connectivity index (χ1n) is 4.56. The summed E-state index contributed by atoms with van der Waals surface area (Å²) < 4.78 is 10.4. The SMILES string of the molecule is C=C.CO[Si](C)(CCCO)OC(N)(N)N. The van der Waals surface area contributed by atoms with Crippen LogP contribution in [0.25, 0.3) is 0 Å². The zero-order valence-corrected chi connectivity index (χ0v) is 10.5. The van der Waals surface area contributed by atoms with Gasteiger partial charge in [-0.05, 0) is 19.0 Å². The first kappa shape index (κ1) is 17.1. The summed E-state index contributed by atoms with van der Waals surface area (Å²) >= 11 is 0. The summed E-state index contributed by atoms with van der Waals surface area (Å²) in [7, 11) is -0.892. The van der Waals surface area contributed by atoms with Crippen molar-refractivity contribution in [3.63, 3.8) is 0 Å². The highest BCUT2D eigenvalue weighted by atomic mass is 28.4. The predicted octanol–water partition coefficient (Wildman–Crippen LogP) is -0.607. The van der Waals surface area contributed by atoms with Crippen molar-refractivity contribution in [3.8, 4) is 0 Å². The fraction of sp³-hybridized carbons (Fsp3) is 0.750. The lowest BCUT2D eigenvalue weighted by Gasteiger charge is -2.32. The quantitative estimate of drug-likeness (QED) is 0.278. The molecule has 0 aliphatic heterocycles. The van der Waals surface area contributed by atoms with Gasteiger partial charge in [0.15, 0.2) is 0 Å². The minimum absolute atomic E-state index is 0.0853. The van der Waals surface area contributed by atoms with Gasteiger partial charge in [0.1, 0.15) is 0 Å². The maximum absolute atomic E-state index is 8.64. The minimum atomic E-state index is -2.41. The van der Waals surface area contributed by atoms with Crippen LogP contribution in [0.3, 0.4) is 0 Å². The molecule has 0 aromatic rings. The Bertz CT molecular complexity index is 166. The average Bonchev–Trinajstić information content (AvgIpc) is 2.15. The summed E-state index contributed by atoms with van der Waals surface area (Å²) in [4.78, 5) is 0. The van der Waals surface area contributed by atoms with Crippen molar-refractivity contribution in [1.29, 1.82) is 0 Å². The summed E-state index contributed by atoms with van der Waals surface area (Å²) in [5, 5.41) is 8.64. The van der Waals surface area contributed by atoms with Crippen molar-refractivity contribution in [2.75, 3.05) is 13.7 Å². The molecule has 92 valence electrons. The third kappa shape index (κ3) is 10.0. The molecule has 0 rings (SSSR count). The lowest BCUT2D eigenvalue weighted by Crippen LogP contribution is -2.65. The molecule has 0 heterocycles. The van der Waals surface area contributed by atoms with Crippen LogP contribution in [-0.2, 0) is 8.85 Å². The Balaban J connectivity index is 0. The highest BCUT2D eigenvalue weighted by Crippen LogP contribution is 2.16. The van der Waals surface area contributed by atoms with E-state index in [1.807, 2.05) is 0 Å². The van der Waals surface area contributed by atoms with E-state index in [0.717, 1.165) is 0 Å². The number of aliphatic hydroxyl groups is 1. The van der Waals surface area contributed by atoms with Gasteiger partial charge in [0, 0.05) is 13.7 Å². The molecule has 1 atom stereocenters. The third-order valence-corrected chi connectivity index (χ3v) is 4.52. The van der Waals surface area contributed by atoms with E-state index >= 15 is 0 Å². The minimum Gasteiger partial charge on any atom is -0.398 e. The summed E-state index contributed by atoms with van der Waals surface area (Å²) in [5.41, 5.74) is 15.9. The molecule has 0 fully saturated rings. The lowest BCUT2D eigenvalue weighted by atomic mass is 10.5. The van der Waals surface area contributed by atoms with E-state index in [9.17, 15) is 0 Å². The van der Waals surface area contributed by atoms with Crippen LogP contribution in [0, 0.1) is 0 Å². The van der Waals surface area contributed by atoms with Gasteiger partial charge in [-0.15, -0.1) is 13.2 Å². The molecule has 1 unspecified atom stereocenters. The van der Waals surface area contributed by atoms with Gasteiger partial charge in [-0.3, -0.25) is 17.2 Å². The molecule has 0 amide bonds. The first-order chi connectivity index (χ1) is 6.83. The summed E-state index contributed by atoms with van der Waals surface area (Å²) in [6, 6.07) is 0.605. The predicted molar refractivity (Wildman–Crippen MR) is 62.8 cm³/mol. The Morgan fingerprint density at radius 3 is 2.07 bits per heavy atom. The molecular formula is C8H23N3O3Si.